The number of benzene rings is 1. The molecule has 1 aromatic rings. The average molecular weight is 491 g/mol. The van der Waals surface area contributed by atoms with Gasteiger partial charge in [0.1, 0.15) is 11.5 Å². The van der Waals surface area contributed by atoms with Gasteiger partial charge in [-0.25, -0.2) is 0 Å². The van der Waals surface area contributed by atoms with Gasteiger partial charge in [-0.2, -0.15) is 0 Å². The van der Waals surface area contributed by atoms with Crippen molar-refractivity contribution in [3.63, 3.8) is 0 Å². The number of carbonyl (C=O) groups is 2. The van der Waals surface area contributed by atoms with Crippen molar-refractivity contribution in [2.75, 3.05) is 0 Å². The van der Waals surface area contributed by atoms with E-state index in [4.69, 9.17) is 23.2 Å². The lowest BCUT2D eigenvalue weighted by atomic mass is 9.48. The van der Waals surface area contributed by atoms with Crippen LogP contribution in [0.1, 0.15) is 51.5 Å². The van der Waals surface area contributed by atoms with Gasteiger partial charge in [0.2, 0.25) is 4.21 Å². The molecular formula is C26H28Cl2O3S. The Hall–Kier alpha value is -1.07. The third-order valence-corrected chi connectivity index (χ3v) is 12.2. The Kier molecular flexibility index (Phi) is 5.48. The van der Waals surface area contributed by atoms with Gasteiger partial charge in [0.15, 0.2) is 5.78 Å². The van der Waals surface area contributed by atoms with Crippen molar-refractivity contribution in [3.8, 4) is 0 Å². The van der Waals surface area contributed by atoms with Crippen molar-refractivity contribution in [2.24, 2.45) is 28.6 Å². The minimum atomic E-state index is -1.33. The lowest BCUT2D eigenvalue weighted by molar-refractivity contribution is -0.141. The number of ketones is 2. The first kappa shape index (κ1) is 22.7. The number of halogens is 2. The summed E-state index contributed by atoms with van der Waals surface area (Å²) in [7, 11) is 0. The molecule has 0 spiro atoms. The molecule has 0 bridgehead atoms. The minimum Gasteiger partial charge on any atom is -0.615 e. The quantitative estimate of drug-likeness (QED) is 0.384. The molecule has 3 saturated carbocycles. The van der Waals surface area contributed by atoms with Gasteiger partial charge in [0.05, 0.1) is 0 Å². The largest absolute Gasteiger partial charge is 0.615 e. The van der Waals surface area contributed by atoms with Gasteiger partial charge in [-0.3, -0.25) is 9.59 Å². The van der Waals surface area contributed by atoms with Crippen LogP contribution >= 0.6 is 23.2 Å². The summed E-state index contributed by atoms with van der Waals surface area (Å²) in [6.45, 7) is 4.21. The van der Waals surface area contributed by atoms with Crippen LogP contribution in [0.15, 0.2) is 48.1 Å². The number of allylic oxidation sites excluding steroid dienone is 4. The predicted molar refractivity (Wildman–Crippen MR) is 129 cm³/mol. The van der Waals surface area contributed by atoms with Crippen LogP contribution in [-0.2, 0) is 26.5 Å². The van der Waals surface area contributed by atoms with E-state index >= 15 is 0 Å². The van der Waals surface area contributed by atoms with E-state index in [-0.39, 0.29) is 29.3 Å². The minimum absolute atomic E-state index is 0.0160. The van der Waals surface area contributed by atoms with Crippen LogP contribution in [-0.4, -0.2) is 20.3 Å². The monoisotopic (exact) mass is 490 g/mol. The lowest BCUT2D eigenvalue weighted by Gasteiger charge is -2.56. The Balaban J connectivity index is 1.45. The summed E-state index contributed by atoms with van der Waals surface area (Å²) in [6.07, 6.45) is 8.92. The average Bonchev–Trinajstić information content (AvgIpc) is 3.01. The zero-order valence-electron chi connectivity index (χ0n) is 18.4. The smallest absolute Gasteiger partial charge is 0.204 e. The number of carbonyl (C=O) groups excluding carboxylic acids is 2. The SMILES string of the molecule is C[C@]12C=CC(=O)C=C1CC[C@@H]1[C@@H]2C(=O)C[C@@]2(C)[C@H]1CC[C@]2(Cl)[S@+]([O-])Cc1ccc(Cl)cc1. The third-order valence-electron chi connectivity index (χ3n) is 8.85. The highest BCUT2D eigenvalue weighted by molar-refractivity contribution is 7.93. The molecule has 0 aliphatic heterocycles. The van der Waals surface area contributed by atoms with Crippen molar-refractivity contribution in [3.05, 3.63) is 58.7 Å². The molecule has 0 saturated heterocycles. The molecule has 0 radical (unpaired) electrons. The van der Waals surface area contributed by atoms with E-state index in [2.05, 4.69) is 13.8 Å². The second kappa shape index (κ2) is 7.73. The molecule has 4 aliphatic rings. The summed E-state index contributed by atoms with van der Waals surface area (Å²) in [5.41, 5.74) is 1.13. The molecule has 32 heavy (non-hydrogen) atoms. The summed E-state index contributed by atoms with van der Waals surface area (Å²) in [4.78, 5) is 25.7. The van der Waals surface area contributed by atoms with Crippen molar-refractivity contribution in [2.45, 2.75) is 55.9 Å². The Morgan fingerprint density at radius 3 is 2.59 bits per heavy atom. The standard InChI is InChI=1S/C26H28Cl2O3S/c1-24-11-9-19(29)13-17(24)5-8-20-21-10-12-26(28,25(21,2)14-22(30)23(20)24)32(31)15-16-3-6-18(27)7-4-16/h3-4,6-7,9,11,13,20-21,23H,5,8,10,12,14-15H2,1-2H3/t20-,21-,23+,24-,25-,26-,32+/m0/s1. The highest BCUT2D eigenvalue weighted by Crippen LogP contribution is 2.68. The van der Waals surface area contributed by atoms with E-state index < -0.39 is 26.2 Å². The van der Waals surface area contributed by atoms with Gasteiger partial charge >= 0.3 is 0 Å². The third kappa shape index (κ3) is 3.20. The van der Waals surface area contributed by atoms with Crippen LogP contribution in [0.3, 0.4) is 0 Å². The highest BCUT2D eigenvalue weighted by Gasteiger charge is 2.70. The summed E-state index contributed by atoms with van der Waals surface area (Å²) in [6, 6.07) is 7.39. The molecule has 0 amide bonds. The fourth-order valence-electron chi connectivity index (χ4n) is 7.19. The van der Waals surface area contributed by atoms with Crippen molar-refractivity contribution in [1.82, 2.24) is 0 Å². The number of alkyl halides is 1. The van der Waals surface area contributed by atoms with Crippen molar-refractivity contribution < 1.29 is 14.1 Å². The number of hydrogen-bond donors (Lipinski definition) is 0. The fraction of sp³-hybridized carbons (Fsp3) is 0.538. The highest BCUT2D eigenvalue weighted by atomic mass is 35.5. The molecule has 1 aromatic carbocycles. The Morgan fingerprint density at radius 1 is 1.16 bits per heavy atom. The molecule has 3 fully saturated rings. The molecular weight excluding hydrogens is 463 g/mol. The van der Waals surface area contributed by atoms with Crippen LogP contribution < -0.4 is 0 Å². The molecule has 3 nitrogen and oxygen atoms in total. The van der Waals surface area contributed by atoms with E-state index in [1.807, 2.05) is 18.2 Å². The first-order valence-corrected chi connectivity index (χ1v) is 13.4. The van der Waals surface area contributed by atoms with Gasteiger partial charge in [-0.05, 0) is 66.6 Å². The van der Waals surface area contributed by atoms with Crippen molar-refractivity contribution >= 4 is 45.9 Å². The first-order valence-electron chi connectivity index (χ1n) is 11.4. The molecule has 170 valence electrons. The van der Waals surface area contributed by atoms with E-state index in [0.717, 1.165) is 30.4 Å². The number of rotatable bonds is 3. The van der Waals surface area contributed by atoms with E-state index in [9.17, 15) is 14.1 Å². The second-order valence-electron chi connectivity index (χ2n) is 10.4. The first-order chi connectivity index (χ1) is 15.1. The van der Waals surface area contributed by atoms with E-state index in [0.29, 0.717) is 23.6 Å². The predicted octanol–water partition coefficient (Wildman–Crippen LogP) is 6.01. The molecule has 4 aliphatic carbocycles. The number of fused-ring (bicyclic) bond motifs is 5. The Morgan fingerprint density at radius 2 is 1.88 bits per heavy atom. The molecule has 6 heteroatoms. The van der Waals surface area contributed by atoms with Crippen LogP contribution in [0.4, 0.5) is 0 Å². The number of hydrogen-bond acceptors (Lipinski definition) is 3. The van der Waals surface area contributed by atoms with E-state index in [1.54, 1.807) is 24.3 Å². The summed E-state index contributed by atoms with van der Waals surface area (Å²) in [5, 5.41) is 0.648. The van der Waals surface area contributed by atoms with Gasteiger partial charge in [0.25, 0.3) is 0 Å². The Labute approximate surface area is 202 Å². The second-order valence-corrected chi connectivity index (χ2v) is 13.4. The fourth-order valence-corrected chi connectivity index (χ4v) is 9.61. The van der Waals surface area contributed by atoms with Crippen LogP contribution in [0.5, 0.6) is 0 Å². The van der Waals surface area contributed by atoms with Gasteiger partial charge in [-0.15, -0.1) is 0 Å². The molecule has 0 heterocycles. The van der Waals surface area contributed by atoms with Gasteiger partial charge in [0, 0.05) is 40.2 Å². The van der Waals surface area contributed by atoms with E-state index in [1.165, 1.54) is 0 Å². The zero-order valence-corrected chi connectivity index (χ0v) is 20.7. The van der Waals surface area contributed by atoms with Gasteiger partial charge < -0.3 is 4.55 Å². The lowest BCUT2D eigenvalue weighted by Crippen LogP contribution is -2.58. The maximum Gasteiger partial charge on any atom is 0.204 e. The molecule has 0 aromatic heterocycles. The Bertz CT molecular complexity index is 1030. The topological polar surface area (TPSA) is 57.2 Å². The molecule has 5 rings (SSSR count). The van der Waals surface area contributed by atoms with Crippen LogP contribution in [0.2, 0.25) is 5.02 Å². The van der Waals surface area contributed by atoms with Gasteiger partial charge in [-0.1, -0.05) is 60.8 Å². The normalized spacial score (nSPS) is 41.5. The molecule has 0 N–H and O–H groups in total. The van der Waals surface area contributed by atoms with Crippen LogP contribution in [0, 0.1) is 28.6 Å². The summed E-state index contributed by atoms with van der Waals surface area (Å²) in [5.74, 6) is 0.906. The number of Topliss-reactive ketones (excluding diaryl/α,β-unsaturated/α-hetero) is 1. The van der Waals surface area contributed by atoms with Crippen LogP contribution in [0.25, 0.3) is 0 Å². The van der Waals surface area contributed by atoms with Crippen molar-refractivity contribution in [1.29, 1.82) is 0 Å². The molecule has 7 atom stereocenters. The maximum absolute atomic E-state index is 13.7. The maximum atomic E-state index is 13.7. The zero-order chi connectivity index (χ0) is 22.9. The molecule has 0 unspecified atom stereocenters. The summed E-state index contributed by atoms with van der Waals surface area (Å²) < 4.78 is 12.7. The summed E-state index contributed by atoms with van der Waals surface area (Å²) >= 11 is 11.9.